The lowest BCUT2D eigenvalue weighted by Crippen LogP contribution is -2.56. The largest absolute Gasteiger partial charge is 0.338 e. The molecule has 0 aliphatic carbocycles. The average Bonchev–Trinajstić information content (AvgIpc) is 2.98. The quantitative estimate of drug-likeness (QED) is 0.720. The Balaban J connectivity index is 0.00000240. The third kappa shape index (κ3) is 4.04. The van der Waals surface area contributed by atoms with E-state index in [9.17, 15) is 14.4 Å². The van der Waals surface area contributed by atoms with Crippen molar-refractivity contribution in [1.29, 1.82) is 0 Å². The molecule has 0 radical (unpaired) electrons. The molecule has 0 spiro atoms. The number of hydrogen-bond acceptors (Lipinski definition) is 4. The molecule has 2 aromatic carbocycles. The van der Waals surface area contributed by atoms with Crippen LogP contribution < -0.4 is 0 Å². The van der Waals surface area contributed by atoms with E-state index in [0.717, 1.165) is 23.6 Å². The van der Waals surface area contributed by atoms with Crippen LogP contribution in [-0.2, 0) is 11.2 Å². The van der Waals surface area contributed by atoms with E-state index < -0.39 is 6.04 Å². The molecule has 6 nitrogen and oxygen atoms in total. The third-order valence-electron chi connectivity index (χ3n) is 5.51. The molecule has 0 aromatic heterocycles. The number of likely N-dealkylation sites (N-methyl/N-ethyl adjacent to an activating group) is 1. The number of rotatable bonds is 4. The standard InChI is InChI=1S/C22H23N3O3.ClH/c1-23-11-13-24(14-12-23)22(28)19(15-16-7-3-2-4-8-16)25-20(26)17-9-5-6-10-18(17)21(25)27;/h2-10,19H,11-15H2,1H3;1H. The number of hydrogen-bond donors (Lipinski definition) is 0. The number of amides is 3. The monoisotopic (exact) mass is 413 g/mol. The van der Waals surface area contributed by atoms with Gasteiger partial charge in [0.2, 0.25) is 5.91 Å². The maximum absolute atomic E-state index is 13.4. The van der Waals surface area contributed by atoms with Crippen LogP contribution >= 0.6 is 12.4 Å². The molecule has 1 atom stereocenters. The number of piperazine rings is 1. The molecule has 4 rings (SSSR count). The zero-order valence-electron chi connectivity index (χ0n) is 16.3. The first-order valence-corrected chi connectivity index (χ1v) is 9.54. The molecule has 29 heavy (non-hydrogen) atoms. The maximum atomic E-state index is 13.4. The van der Waals surface area contributed by atoms with Crippen LogP contribution in [0.5, 0.6) is 0 Å². The minimum Gasteiger partial charge on any atom is -0.338 e. The second kappa shape index (κ2) is 8.76. The van der Waals surface area contributed by atoms with E-state index in [1.807, 2.05) is 37.4 Å². The first-order valence-electron chi connectivity index (χ1n) is 9.54. The summed E-state index contributed by atoms with van der Waals surface area (Å²) in [7, 11) is 2.02. The van der Waals surface area contributed by atoms with Gasteiger partial charge >= 0.3 is 0 Å². The van der Waals surface area contributed by atoms with Crippen molar-refractivity contribution in [3.05, 3.63) is 71.3 Å². The number of benzene rings is 2. The molecule has 152 valence electrons. The molecule has 3 amide bonds. The summed E-state index contributed by atoms with van der Waals surface area (Å²) in [5, 5.41) is 0. The fraction of sp³-hybridized carbons (Fsp3) is 0.318. The molecule has 0 bridgehead atoms. The summed E-state index contributed by atoms with van der Waals surface area (Å²) in [5.41, 5.74) is 1.67. The van der Waals surface area contributed by atoms with Crippen LogP contribution in [0.2, 0.25) is 0 Å². The molecular weight excluding hydrogens is 390 g/mol. The first kappa shape index (κ1) is 21.0. The van der Waals surface area contributed by atoms with Crippen molar-refractivity contribution in [2.75, 3.05) is 33.2 Å². The van der Waals surface area contributed by atoms with E-state index in [1.54, 1.807) is 29.2 Å². The van der Waals surface area contributed by atoms with Crippen molar-refractivity contribution >= 4 is 30.1 Å². The SMILES string of the molecule is CN1CCN(C(=O)C(Cc2ccccc2)N2C(=O)c3ccccc3C2=O)CC1.Cl. The van der Waals surface area contributed by atoms with Crippen LogP contribution in [0.15, 0.2) is 54.6 Å². The summed E-state index contributed by atoms with van der Waals surface area (Å²) < 4.78 is 0. The lowest BCUT2D eigenvalue weighted by molar-refractivity contribution is -0.137. The predicted molar refractivity (Wildman–Crippen MR) is 112 cm³/mol. The lowest BCUT2D eigenvalue weighted by atomic mass is 10.0. The molecule has 7 heteroatoms. The summed E-state index contributed by atoms with van der Waals surface area (Å²) in [4.78, 5) is 44.5. The van der Waals surface area contributed by atoms with Crippen LogP contribution in [0.1, 0.15) is 26.3 Å². The topological polar surface area (TPSA) is 60.9 Å². The number of halogens is 1. The number of nitrogens with zero attached hydrogens (tertiary/aromatic N) is 3. The fourth-order valence-electron chi connectivity index (χ4n) is 3.85. The molecule has 1 fully saturated rings. The van der Waals surface area contributed by atoms with Gasteiger partial charge in [0.25, 0.3) is 11.8 Å². The van der Waals surface area contributed by atoms with Crippen LogP contribution in [0.25, 0.3) is 0 Å². The molecule has 2 aliphatic heterocycles. The van der Waals surface area contributed by atoms with Gasteiger partial charge in [0.05, 0.1) is 11.1 Å². The van der Waals surface area contributed by atoms with E-state index in [4.69, 9.17) is 0 Å². The number of fused-ring (bicyclic) bond motifs is 1. The summed E-state index contributed by atoms with van der Waals surface area (Å²) in [5.74, 6) is -0.931. The van der Waals surface area contributed by atoms with E-state index >= 15 is 0 Å². The highest BCUT2D eigenvalue weighted by Gasteiger charge is 2.44. The second-order valence-corrected chi connectivity index (χ2v) is 7.36. The Morgan fingerprint density at radius 3 is 1.93 bits per heavy atom. The predicted octanol–water partition coefficient (Wildman–Crippen LogP) is 2.09. The Hall–Kier alpha value is -2.70. The van der Waals surface area contributed by atoms with Crippen molar-refractivity contribution in [1.82, 2.24) is 14.7 Å². The normalized spacial score (nSPS) is 17.7. The summed E-state index contributed by atoms with van der Waals surface area (Å²) in [6, 6.07) is 15.5. The molecule has 1 unspecified atom stereocenters. The molecule has 2 aromatic rings. The zero-order chi connectivity index (χ0) is 19.7. The van der Waals surface area contributed by atoms with Crippen LogP contribution in [0, 0.1) is 0 Å². The van der Waals surface area contributed by atoms with E-state index in [2.05, 4.69) is 4.90 Å². The Labute approximate surface area is 176 Å². The zero-order valence-corrected chi connectivity index (χ0v) is 17.1. The molecule has 2 heterocycles. The smallest absolute Gasteiger partial charge is 0.262 e. The Morgan fingerprint density at radius 1 is 0.862 bits per heavy atom. The van der Waals surface area contributed by atoms with Crippen LogP contribution in [-0.4, -0.2) is 71.7 Å². The number of carbonyl (C=O) groups is 3. The highest BCUT2D eigenvalue weighted by molar-refractivity contribution is 6.22. The van der Waals surface area contributed by atoms with Gasteiger partial charge in [-0.2, -0.15) is 0 Å². The van der Waals surface area contributed by atoms with Gasteiger partial charge in [-0.05, 0) is 24.7 Å². The van der Waals surface area contributed by atoms with Crippen molar-refractivity contribution in [3.63, 3.8) is 0 Å². The van der Waals surface area contributed by atoms with Gasteiger partial charge in [0.1, 0.15) is 6.04 Å². The minimum atomic E-state index is -0.835. The van der Waals surface area contributed by atoms with Gasteiger partial charge < -0.3 is 9.80 Å². The highest BCUT2D eigenvalue weighted by Crippen LogP contribution is 2.27. The molecular formula is C22H24ClN3O3. The Morgan fingerprint density at radius 2 is 1.38 bits per heavy atom. The second-order valence-electron chi connectivity index (χ2n) is 7.36. The lowest BCUT2D eigenvalue weighted by Gasteiger charge is -2.36. The molecule has 0 saturated carbocycles. The van der Waals surface area contributed by atoms with Gasteiger partial charge in [-0.3, -0.25) is 19.3 Å². The van der Waals surface area contributed by atoms with Crippen molar-refractivity contribution in [3.8, 4) is 0 Å². The Bertz CT molecular complexity index is 876. The van der Waals surface area contributed by atoms with E-state index in [0.29, 0.717) is 30.6 Å². The van der Waals surface area contributed by atoms with Crippen molar-refractivity contribution in [2.45, 2.75) is 12.5 Å². The van der Waals surface area contributed by atoms with Crippen molar-refractivity contribution < 1.29 is 14.4 Å². The first-order chi connectivity index (χ1) is 13.6. The summed E-state index contributed by atoms with van der Waals surface area (Å²) in [6.07, 6.45) is 0.317. The number of imide groups is 1. The maximum Gasteiger partial charge on any atom is 0.262 e. The fourth-order valence-corrected chi connectivity index (χ4v) is 3.85. The van der Waals surface area contributed by atoms with Gasteiger partial charge in [0, 0.05) is 32.6 Å². The van der Waals surface area contributed by atoms with Gasteiger partial charge in [0.15, 0.2) is 0 Å². The summed E-state index contributed by atoms with van der Waals surface area (Å²) >= 11 is 0. The van der Waals surface area contributed by atoms with E-state index in [1.165, 1.54) is 0 Å². The minimum absolute atomic E-state index is 0. The van der Waals surface area contributed by atoms with Crippen LogP contribution in [0.3, 0.4) is 0 Å². The summed E-state index contributed by atoms with van der Waals surface area (Å²) in [6.45, 7) is 2.77. The van der Waals surface area contributed by atoms with E-state index in [-0.39, 0.29) is 30.1 Å². The highest BCUT2D eigenvalue weighted by atomic mass is 35.5. The third-order valence-corrected chi connectivity index (χ3v) is 5.51. The number of carbonyl (C=O) groups excluding carboxylic acids is 3. The Kier molecular flexibility index (Phi) is 6.35. The molecule has 1 saturated heterocycles. The van der Waals surface area contributed by atoms with Gasteiger partial charge in [-0.15, -0.1) is 12.4 Å². The van der Waals surface area contributed by atoms with Crippen molar-refractivity contribution in [2.24, 2.45) is 0 Å². The molecule has 2 aliphatic rings. The average molecular weight is 414 g/mol. The van der Waals surface area contributed by atoms with Gasteiger partial charge in [-0.25, -0.2) is 0 Å². The van der Waals surface area contributed by atoms with Crippen LogP contribution in [0.4, 0.5) is 0 Å². The molecule has 0 N–H and O–H groups in total. The van der Waals surface area contributed by atoms with Gasteiger partial charge in [-0.1, -0.05) is 42.5 Å².